The van der Waals surface area contributed by atoms with Crippen LogP contribution in [0.25, 0.3) is 0 Å². The van der Waals surface area contributed by atoms with Crippen molar-refractivity contribution in [3.05, 3.63) is 36.2 Å². The molecule has 6 nitrogen and oxygen atoms in total. The quantitative estimate of drug-likeness (QED) is 0.288. The van der Waals surface area contributed by atoms with Gasteiger partial charge in [-0.1, -0.05) is 12.2 Å². The van der Waals surface area contributed by atoms with Gasteiger partial charge in [-0.25, -0.2) is 0 Å². The Morgan fingerprint density at radius 1 is 1.42 bits per heavy atom. The number of allylic oxidation sites excluding steroid dienone is 1. The van der Waals surface area contributed by atoms with Crippen molar-refractivity contribution in [2.24, 2.45) is 33.5 Å². The maximum atomic E-state index is 12.5. The van der Waals surface area contributed by atoms with Gasteiger partial charge in [0.1, 0.15) is 0 Å². The van der Waals surface area contributed by atoms with Crippen molar-refractivity contribution in [3.63, 3.8) is 0 Å². The Balaban J connectivity index is 1.98. The number of aromatic nitrogens is 1. The Hall–Kier alpha value is -2.08. The molecule has 1 fully saturated rings. The fourth-order valence-electron chi connectivity index (χ4n) is 3.57. The highest BCUT2D eigenvalue weighted by Crippen LogP contribution is 2.43. The Bertz CT molecular complexity index is 677. The highest BCUT2D eigenvalue weighted by atomic mass is 35.5. The molecule has 0 saturated heterocycles. The fourth-order valence-corrected chi connectivity index (χ4v) is 3.65. The van der Waals surface area contributed by atoms with Crippen LogP contribution < -0.4 is 5.73 Å². The Morgan fingerprint density at radius 2 is 2.17 bits per heavy atom. The van der Waals surface area contributed by atoms with E-state index in [2.05, 4.69) is 22.1 Å². The minimum Gasteiger partial charge on any atom is -0.466 e. The van der Waals surface area contributed by atoms with E-state index in [4.69, 9.17) is 27.1 Å². The standard InChI is InChI=1S/C17H21ClN4O2/c1-2-24-16(23)13-10-5-7-11(8-6-10)14(13)21-15(22-17(18)19)12-4-3-9-20-12/h3-5,7,9-11,13-14,20H,2,6,8H2,1H3,(H2,19,21,22)/t10-,11+,13+,14+/m1/s1. The second kappa shape index (κ2) is 7.21. The molecular weight excluding hydrogens is 328 g/mol. The van der Waals surface area contributed by atoms with Gasteiger partial charge < -0.3 is 15.5 Å². The number of nitrogens with two attached hydrogens (primary N) is 1. The zero-order valence-corrected chi connectivity index (χ0v) is 14.2. The minimum atomic E-state index is -0.287. The zero-order chi connectivity index (χ0) is 17.1. The number of H-pyrrole nitrogens is 1. The van der Waals surface area contributed by atoms with Crippen molar-refractivity contribution in [2.75, 3.05) is 6.61 Å². The summed E-state index contributed by atoms with van der Waals surface area (Å²) in [5, 5.41) is -0.0902. The first kappa shape index (κ1) is 16.8. The summed E-state index contributed by atoms with van der Waals surface area (Å²) in [5.74, 6) is 0.281. The van der Waals surface area contributed by atoms with Gasteiger partial charge in [0, 0.05) is 12.1 Å². The maximum absolute atomic E-state index is 12.5. The number of aliphatic imine (C=N–C) groups is 2. The predicted octanol–water partition coefficient (Wildman–Crippen LogP) is 2.46. The molecule has 0 spiro atoms. The van der Waals surface area contributed by atoms with Gasteiger partial charge in [0.15, 0.2) is 11.1 Å². The van der Waals surface area contributed by atoms with Gasteiger partial charge >= 0.3 is 5.97 Å². The van der Waals surface area contributed by atoms with E-state index in [0.717, 1.165) is 12.8 Å². The molecule has 4 atom stereocenters. The second-order valence-corrected chi connectivity index (χ2v) is 6.42. The van der Waals surface area contributed by atoms with E-state index in [-0.39, 0.29) is 35.1 Å². The molecular formula is C17H21ClN4O2. The van der Waals surface area contributed by atoms with Gasteiger partial charge in [0.2, 0.25) is 0 Å². The number of nitrogens with one attached hydrogen (secondary N) is 1. The van der Waals surface area contributed by atoms with Gasteiger partial charge in [0.25, 0.3) is 0 Å². The van der Waals surface area contributed by atoms with Crippen LogP contribution in [0.15, 0.2) is 40.5 Å². The molecule has 3 aliphatic carbocycles. The number of rotatable bonds is 4. The number of carbonyl (C=O) groups is 1. The van der Waals surface area contributed by atoms with Crippen LogP contribution in [0.4, 0.5) is 0 Å². The van der Waals surface area contributed by atoms with Gasteiger partial charge in [-0.3, -0.25) is 9.79 Å². The first-order valence-corrected chi connectivity index (χ1v) is 8.54. The molecule has 1 aromatic rings. The molecule has 0 radical (unpaired) electrons. The Labute approximate surface area is 145 Å². The minimum absolute atomic E-state index is 0.0902. The van der Waals surface area contributed by atoms with Crippen LogP contribution in [0.5, 0.6) is 0 Å². The highest BCUT2D eigenvalue weighted by Gasteiger charge is 2.45. The van der Waals surface area contributed by atoms with Crippen LogP contribution in [-0.2, 0) is 9.53 Å². The summed E-state index contributed by atoms with van der Waals surface area (Å²) in [4.78, 5) is 24.4. The third-order valence-corrected chi connectivity index (χ3v) is 4.67. The van der Waals surface area contributed by atoms with Crippen LogP contribution in [0.2, 0.25) is 0 Å². The molecule has 1 aromatic heterocycles. The SMILES string of the molecule is CCOC(=O)[C@@H]1[C@@H](N=C(N=C(N)Cl)c2ccc[nH]2)[C@H]2C=C[C@@H]1CC2. The van der Waals surface area contributed by atoms with Crippen LogP contribution in [0, 0.1) is 17.8 Å². The van der Waals surface area contributed by atoms with E-state index < -0.39 is 0 Å². The third-order valence-electron chi connectivity index (χ3n) is 4.59. The molecule has 0 amide bonds. The van der Waals surface area contributed by atoms with Crippen molar-refractivity contribution < 1.29 is 9.53 Å². The third kappa shape index (κ3) is 3.38. The maximum Gasteiger partial charge on any atom is 0.311 e. The average Bonchev–Trinajstić information content (AvgIpc) is 3.09. The van der Waals surface area contributed by atoms with E-state index in [9.17, 15) is 4.79 Å². The van der Waals surface area contributed by atoms with Crippen LogP contribution in [0.3, 0.4) is 0 Å². The molecule has 2 bridgehead atoms. The number of carbonyl (C=O) groups excluding carboxylic acids is 1. The summed E-state index contributed by atoms with van der Waals surface area (Å²) >= 11 is 5.76. The number of hydrogen-bond acceptors (Lipinski definition) is 3. The molecule has 24 heavy (non-hydrogen) atoms. The summed E-state index contributed by atoms with van der Waals surface area (Å²) in [7, 11) is 0. The normalized spacial score (nSPS) is 29.8. The summed E-state index contributed by atoms with van der Waals surface area (Å²) < 4.78 is 5.28. The van der Waals surface area contributed by atoms with Crippen molar-refractivity contribution in [2.45, 2.75) is 25.8 Å². The smallest absolute Gasteiger partial charge is 0.311 e. The molecule has 128 valence electrons. The van der Waals surface area contributed by atoms with Crippen LogP contribution in [0.1, 0.15) is 25.5 Å². The molecule has 1 heterocycles. The van der Waals surface area contributed by atoms with Crippen molar-refractivity contribution in [1.82, 2.24) is 4.98 Å². The second-order valence-electron chi connectivity index (χ2n) is 6.03. The Kier molecular flexibility index (Phi) is 5.04. The number of amidine groups is 2. The molecule has 0 aromatic carbocycles. The highest BCUT2D eigenvalue weighted by molar-refractivity contribution is 6.65. The number of fused-ring (bicyclic) bond motifs is 2. The van der Waals surface area contributed by atoms with Crippen molar-refractivity contribution in [3.8, 4) is 0 Å². The molecule has 3 N–H and O–H groups in total. The number of aromatic amines is 1. The lowest BCUT2D eigenvalue weighted by Gasteiger charge is -2.41. The van der Waals surface area contributed by atoms with Crippen LogP contribution in [-0.4, -0.2) is 34.7 Å². The van der Waals surface area contributed by atoms with E-state index in [0.29, 0.717) is 18.1 Å². The first-order chi connectivity index (χ1) is 11.6. The number of halogens is 1. The molecule has 3 aliphatic rings. The number of hydrogen-bond donors (Lipinski definition) is 2. The molecule has 0 unspecified atom stereocenters. The summed E-state index contributed by atoms with van der Waals surface area (Å²) in [5.41, 5.74) is 6.25. The van der Waals surface area contributed by atoms with Gasteiger partial charge in [-0.2, -0.15) is 4.99 Å². The van der Waals surface area contributed by atoms with E-state index in [1.165, 1.54) is 0 Å². The van der Waals surface area contributed by atoms with Gasteiger partial charge in [-0.15, -0.1) is 0 Å². The molecule has 7 heteroatoms. The molecule has 1 saturated carbocycles. The van der Waals surface area contributed by atoms with E-state index in [1.54, 1.807) is 6.20 Å². The summed E-state index contributed by atoms with van der Waals surface area (Å²) in [6.07, 6.45) is 8.03. The lowest BCUT2D eigenvalue weighted by Crippen LogP contribution is -2.45. The average molecular weight is 349 g/mol. The fraction of sp³-hybridized carbons (Fsp3) is 0.471. The van der Waals surface area contributed by atoms with Crippen molar-refractivity contribution in [1.29, 1.82) is 0 Å². The number of esters is 1. The largest absolute Gasteiger partial charge is 0.466 e. The first-order valence-electron chi connectivity index (χ1n) is 8.16. The van der Waals surface area contributed by atoms with Crippen LogP contribution >= 0.6 is 11.6 Å². The Morgan fingerprint density at radius 3 is 2.75 bits per heavy atom. The van der Waals surface area contributed by atoms with E-state index >= 15 is 0 Å². The molecule has 4 rings (SSSR count). The number of ether oxygens (including phenoxy) is 1. The summed E-state index contributed by atoms with van der Waals surface area (Å²) in [6, 6.07) is 3.48. The topological polar surface area (TPSA) is 92.8 Å². The predicted molar refractivity (Wildman–Crippen MR) is 94.1 cm³/mol. The lowest BCUT2D eigenvalue weighted by atomic mass is 9.66. The lowest BCUT2D eigenvalue weighted by molar-refractivity contribution is -0.152. The number of nitrogens with zero attached hydrogens (tertiary/aromatic N) is 2. The zero-order valence-electron chi connectivity index (χ0n) is 13.5. The van der Waals surface area contributed by atoms with Crippen molar-refractivity contribution >= 4 is 28.7 Å². The summed E-state index contributed by atoms with van der Waals surface area (Å²) in [6.45, 7) is 2.18. The molecule has 0 aliphatic heterocycles. The van der Waals surface area contributed by atoms with Gasteiger partial charge in [0.05, 0.1) is 24.3 Å². The van der Waals surface area contributed by atoms with Gasteiger partial charge in [-0.05, 0) is 49.4 Å². The monoisotopic (exact) mass is 348 g/mol. The van der Waals surface area contributed by atoms with E-state index in [1.807, 2.05) is 19.1 Å².